The van der Waals surface area contributed by atoms with Crippen molar-refractivity contribution in [1.29, 1.82) is 0 Å². The van der Waals surface area contributed by atoms with Gasteiger partial charge in [-0.15, -0.1) is 0 Å². The van der Waals surface area contributed by atoms with Crippen LogP contribution in [0.5, 0.6) is 0 Å². The molecule has 0 aliphatic carbocycles. The zero-order valence-corrected chi connectivity index (χ0v) is 14.6. The predicted octanol–water partition coefficient (Wildman–Crippen LogP) is 3.23. The summed E-state index contributed by atoms with van der Waals surface area (Å²) in [5, 5.41) is 13.3. The van der Waals surface area contributed by atoms with E-state index in [0.717, 1.165) is 17.2 Å². The summed E-state index contributed by atoms with van der Waals surface area (Å²) in [5.74, 6) is -1.14. The summed E-state index contributed by atoms with van der Waals surface area (Å²) in [6.45, 7) is 0.971. The highest BCUT2D eigenvalue weighted by Crippen LogP contribution is 2.25. The standard InChI is InChI=1S/C19H15N3O6/c23-18(15-5-6-17(28-15)22(25)26)20-14-4-3-12-7-8-21(11-13(12)10-14)19(24)16-2-1-9-27-16/h1-6,9-10H,7-8,11H2,(H,20,23). The fourth-order valence-electron chi connectivity index (χ4n) is 3.10. The summed E-state index contributed by atoms with van der Waals surface area (Å²) >= 11 is 0. The number of hydrogen-bond acceptors (Lipinski definition) is 6. The molecule has 1 aromatic carbocycles. The fourth-order valence-corrected chi connectivity index (χ4v) is 3.10. The zero-order valence-electron chi connectivity index (χ0n) is 14.6. The first-order valence-electron chi connectivity index (χ1n) is 8.51. The van der Waals surface area contributed by atoms with E-state index in [2.05, 4.69) is 5.32 Å². The van der Waals surface area contributed by atoms with Crippen LogP contribution in [0, 0.1) is 10.1 Å². The molecule has 9 heteroatoms. The van der Waals surface area contributed by atoms with E-state index in [1.165, 1.54) is 12.3 Å². The fraction of sp³-hybridized carbons (Fsp3) is 0.158. The van der Waals surface area contributed by atoms with Gasteiger partial charge in [-0.3, -0.25) is 19.7 Å². The van der Waals surface area contributed by atoms with Crippen molar-refractivity contribution in [1.82, 2.24) is 4.90 Å². The Morgan fingerprint density at radius 1 is 1.11 bits per heavy atom. The molecule has 0 unspecified atom stereocenters. The molecule has 0 spiro atoms. The Kier molecular flexibility index (Phi) is 4.40. The lowest BCUT2D eigenvalue weighted by atomic mass is 9.99. The molecule has 0 fully saturated rings. The number of benzene rings is 1. The molecule has 3 aromatic rings. The highest BCUT2D eigenvalue weighted by atomic mass is 16.6. The van der Waals surface area contributed by atoms with Crippen molar-refractivity contribution in [3.05, 3.63) is 81.5 Å². The highest BCUT2D eigenvalue weighted by Gasteiger charge is 2.24. The van der Waals surface area contributed by atoms with Gasteiger partial charge in [-0.1, -0.05) is 6.07 Å². The minimum Gasteiger partial charge on any atom is -0.459 e. The Labute approximate surface area is 158 Å². The Morgan fingerprint density at radius 2 is 1.96 bits per heavy atom. The van der Waals surface area contributed by atoms with E-state index in [0.29, 0.717) is 25.2 Å². The van der Waals surface area contributed by atoms with Crippen molar-refractivity contribution < 1.29 is 23.3 Å². The summed E-state index contributed by atoms with van der Waals surface area (Å²) in [5.41, 5.74) is 2.51. The van der Waals surface area contributed by atoms with Crippen molar-refractivity contribution in [3.63, 3.8) is 0 Å². The topological polar surface area (TPSA) is 119 Å². The molecule has 0 atom stereocenters. The molecule has 28 heavy (non-hydrogen) atoms. The molecule has 142 valence electrons. The minimum absolute atomic E-state index is 0.154. The van der Waals surface area contributed by atoms with E-state index in [1.807, 2.05) is 6.07 Å². The number of fused-ring (bicyclic) bond motifs is 1. The van der Waals surface area contributed by atoms with Gasteiger partial charge in [0.25, 0.3) is 11.8 Å². The Hall–Kier alpha value is -3.88. The van der Waals surface area contributed by atoms with Crippen LogP contribution < -0.4 is 5.32 Å². The summed E-state index contributed by atoms with van der Waals surface area (Å²) in [7, 11) is 0. The van der Waals surface area contributed by atoms with Crippen LogP contribution in [0.1, 0.15) is 32.2 Å². The number of amides is 2. The number of furan rings is 2. The largest absolute Gasteiger partial charge is 0.459 e. The van der Waals surface area contributed by atoms with Crippen molar-refractivity contribution in [2.75, 3.05) is 11.9 Å². The number of carbonyl (C=O) groups excluding carboxylic acids is 2. The van der Waals surface area contributed by atoms with Crippen molar-refractivity contribution in [2.24, 2.45) is 0 Å². The molecule has 4 rings (SSSR count). The number of nitrogens with zero attached hydrogens (tertiary/aromatic N) is 2. The second-order valence-electron chi connectivity index (χ2n) is 6.29. The number of hydrogen-bond donors (Lipinski definition) is 1. The lowest BCUT2D eigenvalue weighted by Gasteiger charge is -2.28. The third-order valence-electron chi connectivity index (χ3n) is 4.49. The van der Waals surface area contributed by atoms with Gasteiger partial charge in [-0.25, -0.2) is 0 Å². The monoisotopic (exact) mass is 381 g/mol. The number of carbonyl (C=O) groups is 2. The van der Waals surface area contributed by atoms with Gasteiger partial charge < -0.3 is 19.1 Å². The third kappa shape index (κ3) is 3.37. The van der Waals surface area contributed by atoms with Crippen LogP contribution in [-0.4, -0.2) is 28.2 Å². The Morgan fingerprint density at radius 3 is 2.68 bits per heavy atom. The summed E-state index contributed by atoms with van der Waals surface area (Å²) in [4.78, 5) is 36.4. The van der Waals surface area contributed by atoms with E-state index >= 15 is 0 Å². The molecule has 0 saturated carbocycles. The van der Waals surface area contributed by atoms with Gasteiger partial charge in [0.05, 0.1) is 12.3 Å². The number of anilines is 1. The first kappa shape index (κ1) is 17.5. The van der Waals surface area contributed by atoms with Gasteiger partial charge in [0.1, 0.15) is 4.92 Å². The van der Waals surface area contributed by atoms with Crippen LogP contribution in [0.25, 0.3) is 0 Å². The third-order valence-corrected chi connectivity index (χ3v) is 4.49. The molecular weight excluding hydrogens is 366 g/mol. The molecule has 2 aromatic heterocycles. The van der Waals surface area contributed by atoms with Gasteiger partial charge >= 0.3 is 5.88 Å². The number of rotatable bonds is 4. The van der Waals surface area contributed by atoms with Crippen LogP contribution in [0.2, 0.25) is 0 Å². The summed E-state index contributed by atoms with van der Waals surface area (Å²) in [6.07, 6.45) is 2.15. The van der Waals surface area contributed by atoms with Crippen molar-refractivity contribution in [2.45, 2.75) is 13.0 Å². The first-order valence-corrected chi connectivity index (χ1v) is 8.51. The molecule has 1 N–H and O–H groups in total. The Balaban J connectivity index is 1.49. The smallest absolute Gasteiger partial charge is 0.433 e. The van der Waals surface area contributed by atoms with E-state index < -0.39 is 16.7 Å². The second-order valence-corrected chi connectivity index (χ2v) is 6.29. The van der Waals surface area contributed by atoms with Crippen LogP contribution in [0.15, 0.2) is 57.6 Å². The second kappa shape index (κ2) is 7.03. The molecule has 1 aliphatic heterocycles. The van der Waals surface area contributed by atoms with Gasteiger partial charge in [-0.2, -0.15) is 0 Å². The predicted molar refractivity (Wildman–Crippen MR) is 96.9 cm³/mol. The van der Waals surface area contributed by atoms with Crippen molar-refractivity contribution in [3.8, 4) is 0 Å². The number of nitro groups is 1. The minimum atomic E-state index is -0.708. The Bertz CT molecular complexity index is 1050. The van der Waals surface area contributed by atoms with Crippen LogP contribution in [-0.2, 0) is 13.0 Å². The van der Waals surface area contributed by atoms with E-state index in [1.54, 1.807) is 29.2 Å². The average Bonchev–Trinajstić information content (AvgIpc) is 3.39. The highest BCUT2D eigenvalue weighted by molar-refractivity contribution is 6.02. The average molecular weight is 381 g/mol. The van der Waals surface area contributed by atoms with E-state index in [4.69, 9.17) is 8.83 Å². The van der Waals surface area contributed by atoms with Crippen LogP contribution >= 0.6 is 0 Å². The molecule has 2 amide bonds. The normalized spacial score (nSPS) is 13.1. The SMILES string of the molecule is O=C(Nc1ccc2c(c1)CN(C(=O)c1ccco1)CC2)c1ccc([N+](=O)[O-])o1. The molecule has 0 bridgehead atoms. The first-order chi connectivity index (χ1) is 13.5. The molecule has 1 aliphatic rings. The maximum atomic E-state index is 12.5. The summed E-state index contributed by atoms with van der Waals surface area (Å²) in [6, 6.07) is 11.1. The molecular formula is C19H15N3O6. The van der Waals surface area contributed by atoms with E-state index in [9.17, 15) is 19.7 Å². The maximum Gasteiger partial charge on any atom is 0.433 e. The molecule has 9 nitrogen and oxygen atoms in total. The summed E-state index contributed by atoms with van der Waals surface area (Å²) < 4.78 is 10.1. The van der Waals surface area contributed by atoms with Gasteiger partial charge in [0.15, 0.2) is 11.5 Å². The maximum absolute atomic E-state index is 12.5. The zero-order chi connectivity index (χ0) is 19.7. The lowest BCUT2D eigenvalue weighted by molar-refractivity contribution is -0.402. The molecule has 0 radical (unpaired) electrons. The lowest BCUT2D eigenvalue weighted by Crippen LogP contribution is -2.35. The number of nitrogens with one attached hydrogen (secondary N) is 1. The van der Waals surface area contributed by atoms with Gasteiger partial charge in [-0.05, 0) is 47.9 Å². The molecule has 0 saturated heterocycles. The van der Waals surface area contributed by atoms with E-state index in [-0.39, 0.29) is 17.4 Å². The van der Waals surface area contributed by atoms with Crippen molar-refractivity contribution >= 4 is 23.4 Å². The van der Waals surface area contributed by atoms with Crippen LogP contribution in [0.4, 0.5) is 11.6 Å². The quantitative estimate of drug-likeness (QED) is 0.547. The van der Waals surface area contributed by atoms with Crippen LogP contribution in [0.3, 0.4) is 0 Å². The van der Waals surface area contributed by atoms with Gasteiger partial charge in [0, 0.05) is 18.8 Å². The molecule has 3 heterocycles. The van der Waals surface area contributed by atoms with Gasteiger partial charge in [0.2, 0.25) is 0 Å².